The molecule has 3 aromatic carbocycles. The predicted octanol–water partition coefficient (Wildman–Crippen LogP) is 15.1. The Bertz CT molecular complexity index is 2340. The minimum atomic E-state index is -0.337. The van der Waals surface area contributed by atoms with Crippen LogP contribution in [0.4, 0.5) is 0 Å². The third kappa shape index (κ3) is 9.25. The summed E-state index contributed by atoms with van der Waals surface area (Å²) >= 11 is 1.93. The van der Waals surface area contributed by atoms with Crippen molar-refractivity contribution in [3.63, 3.8) is 0 Å². The van der Waals surface area contributed by atoms with E-state index in [2.05, 4.69) is 109 Å². The van der Waals surface area contributed by atoms with Crippen LogP contribution in [0.1, 0.15) is 123 Å². The van der Waals surface area contributed by atoms with Crippen molar-refractivity contribution in [1.82, 2.24) is 4.98 Å². The summed E-state index contributed by atoms with van der Waals surface area (Å²) in [4.78, 5) is 18.7. The summed E-state index contributed by atoms with van der Waals surface area (Å²) in [5.41, 5.74) is 8.14. The van der Waals surface area contributed by atoms with Gasteiger partial charge in [-0.05, 0) is 91.0 Å². The first kappa shape index (κ1) is 45.1. The van der Waals surface area contributed by atoms with Crippen molar-refractivity contribution in [2.45, 2.75) is 128 Å². The average molecular weight is 949 g/mol. The molecule has 6 rings (SSSR count). The summed E-state index contributed by atoms with van der Waals surface area (Å²) in [7, 11) is 0. The molecule has 4 nitrogen and oxygen atoms in total. The number of aryl methyl sites for hydroxylation is 2. The Kier molecular flexibility index (Phi) is 14.4. The normalized spacial score (nSPS) is 12.6. The van der Waals surface area contributed by atoms with Crippen LogP contribution in [0.5, 0.6) is 0 Å². The summed E-state index contributed by atoms with van der Waals surface area (Å²) in [6, 6.07) is 23.6. The Hall–Kier alpha value is -3.57. The fourth-order valence-electron chi connectivity index (χ4n) is 7.24. The molecule has 6 heteroatoms. The Balaban J connectivity index is 0.000000330. The summed E-state index contributed by atoms with van der Waals surface area (Å²) in [6.45, 7) is 27.8. The third-order valence-corrected chi connectivity index (χ3v) is 13.4. The fourth-order valence-corrected chi connectivity index (χ4v) is 8.70. The number of allylic oxidation sites excluding steroid dienone is 2. The molecule has 1 radical (unpaired) electrons. The zero-order valence-electron chi connectivity index (χ0n) is 35.9. The minimum absolute atomic E-state index is 0. The molecule has 0 saturated heterocycles. The molecule has 0 amide bonds. The van der Waals surface area contributed by atoms with E-state index in [9.17, 15) is 9.90 Å². The molecule has 0 aliphatic heterocycles. The average Bonchev–Trinajstić information content (AvgIpc) is 3.70. The number of hydrogen-bond acceptors (Lipinski definition) is 5. The van der Waals surface area contributed by atoms with E-state index in [0.29, 0.717) is 11.6 Å². The number of aliphatic hydroxyl groups is 1. The fraction of sp³-hybridized carbons (Fsp3) is 0.440. The Morgan fingerprint density at radius 3 is 2.14 bits per heavy atom. The Labute approximate surface area is 353 Å². The third-order valence-electron chi connectivity index (χ3n) is 12.1. The number of ketones is 1. The number of aromatic nitrogens is 1. The quantitative estimate of drug-likeness (QED) is 0.0798. The zero-order chi connectivity index (χ0) is 40.5. The minimum Gasteiger partial charge on any atom is -0.512 e. The zero-order valence-corrected chi connectivity index (χ0v) is 39.1. The van der Waals surface area contributed by atoms with E-state index in [1.165, 1.54) is 43.1 Å². The van der Waals surface area contributed by atoms with Crippen molar-refractivity contribution in [3.8, 4) is 22.4 Å². The van der Waals surface area contributed by atoms with Gasteiger partial charge in [-0.2, -0.15) is 0 Å². The molecule has 0 atom stereocenters. The number of nitrogens with zero attached hydrogens (tertiary/aromatic N) is 1. The number of pyridine rings is 1. The van der Waals surface area contributed by atoms with Crippen molar-refractivity contribution >= 4 is 49.1 Å². The largest absolute Gasteiger partial charge is 0.512 e. The van der Waals surface area contributed by atoms with Crippen LogP contribution in [-0.2, 0) is 36.7 Å². The first-order chi connectivity index (χ1) is 25.9. The van der Waals surface area contributed by atoms with Gasteiger partial charge >= 0.3 is 0 Å². The van der Waals surface area contributed by atoms with Gasteiger partial charge in [0.05, 0.1) is 6.26 Å². The van der Waals surface area contributed by atoms with Gasteiger partial charge < -0.3 is 9.52 Å². The maximum Gasteiger partial charge on any atom is 0.219 e. The molecule has 0 fully saturated rings. The molecular weight excluding hydrogens is 887 g/mol. The Morgan fingerprint density at radius 2 is 1.54 bits per heavy atom. The second-order valence-electron chi connectivity index (χ2n) is 17.4. The molecule has 1 N–H and O–H groups in total. The van der Waals surface area contributed by atoms with Gasteiger partial charge in [-0.3, -0.25) is 9.78 Å². The molecule has 0 bridgehead atoms. The number of carbonyl (C=O) groups excluding carboxylic acids is 1. The monoisotopic (exact) mass is 949 g/mol. The molecule has 3 heterocycles. The molecule has 6 aromatic rings. The van der Waals surface area contributed by atoms with Gasteiger partial charge in [-0.15, -0.1) is 40.5 Å². The number of aliphatic hydroxyl groups excluding tert-OH is 1. The van der Waals surface area contributed by atoms with Crippen molar-refractivity contribution in [3.05, 3.63) is 100 Å². The number of thiophene rings is 1. The van der Waals surface area contributed by atoms with E-state index in [1.807, 2.05) is 59.1 Å². The van der Waals surface area contributed by atoms with Crippen LogP contribution in [0.15, 0.2) is 77.1 Å². The van der Waals surface area contributed by atoms with Crippen LogP contribution in [0.25, 0.3) is 54.3 Å². The number of hydrogen-bond donors (Lipinski definition) is 1. The van der Waals surface area contributed by atoms with Crippen molar-refractivity contribution in [2.75, 3.05) is 0 Å². The molecule has 3 aromatic heterocycles. The summed E-state index contributed by atoms with van der Waals surface area (Å²) < 4.78 is 7.33. The number of rotatable bonds is 11. The maximum absolute atomic E-state index is 12.2. The number of carbonyl (C=O) groups is 1. The van der Waals surface area contributed by atoms with E-state index in [4.69, 9.17) is 9.40 Å². The van der Waals surface area contributed by atoms with Crippen LogP contribution in [0, 0.1) is 36.7 Å². The van der Waals surface area contributed by atoms with Crippen molar-refractivity contribution in [1.29, 1.82) is 0 Å². The summed E-state index contributed by atoms with van der Waals surface area (Å²) in [5.74, 6) is 0.933. The van der Waals surface area contributed by atoms with Crippen LogP contribution in [-0.4, -0.2) is 15.9 Å². The number of benzene rings is 3. The molecule has 0 unspecified atom stereocenters. The first-order valence-electron chi connectivity index (χ1n) is 20.2. The first-order valence-corrected chi connectivity index (χ1v) is 21.0. The van der Waals surface area contributed by atoms with E-state index in [-0.39, 0.29) is 47.9 Å². The number of furan rings is 1. The van der Waals surface area contributed by atoms with Gasteiger partial charge in [0.15, 0.2) is 5.78 Å². The smallest absolute Gasteiger partial charge is 0.219 e. The van der Waals surface area contributed by atoms with Crippen LogP contribution in [0.3, 0.4) is 0 Å². The molecule has 56 heavy (non-hydrogen) atoms. The van der Waals surface area contributed by atoms with Gasteiger partial charge in [0, 0.05) is 57.7 Å². The molecule has 301 valence electrons. The topological polar surface area (TPSA) is 63.3 Å². The van der Waals surface area contributed by atoms with Crippen molar-refractivity contribution < 1.29 is 34.4 Å². The van der Waals surface area contributed by atoms with Gasteiger partial charge in [0.1, 0.15) is 5.76 Å². The maximum atomic E-state index is 12.2. The van der Waals surface area contributed by atoms with Gasteiger partial charge in [-0.1, -0.05) is 124 Å². The molecular formula is C50H62IrNO3S-. The van der Waals surface area contributed by atoms with Crippen LogP contribution in [0.2, 0.25) is 0 Å². The second-order valence-corrected chi connectivity index (χ2v) is 18.6. The number of fused-ring (bicyclic) bond motifs is 3. The summed E-state index contributed by atoms with van der Waals surface area (Å²) in [5, 5.41) is 14.9. The molecule has 0 spiro atoms. The van der Waals surface area contributed by atoms with Crippen LogP contribution >= 0.6 is 11.3 Å². The molecule has 0 saturated carbocycles. The van der Waals surface area contributed by atoms with Gasteiger partial charge in [-0.25, -0.2) is 0 Å². The molecule has 0 aliphatic carbocycles. The van der Waals surface area contributed by atoms with Gasteiger partial charge in [0.25, 0.3) is 0 Å². The summed E-state index contributed by atoms with van der Waals surface area (Å²) in [6.07, 6.45) is 7.70. The van der Waals surface area contributed by atoms with Crippen molar-refractivity contribution in [2.24, 2.45) is 16.7 Å². The molecule has 0 aliphatic rings. The van der Waals surface area contributed by atoms with E-state index in [1.54, 1.807) is 0 Å². The predicted molar refractivity (Wildman–Crippen MR) is 236 cm³/mol. The van der Waals surface area contributed by atoms with Gasteiger partial charge in [0.2, 0.25) is 5.71 Å². The Morgan fingerprint density at radius 1 is 0.893 bits per heavy atom. The SMILES string of the molecule is CCC(C)(CC)C(=O)/C=C(\O)C(C)(CC)CC.Cc1c(CC(C)C)sc2cc(-c3cc(-c4[c-]c5ccccc5c(C(C)(C)C)c4)nc4occ(C)c34)ccc12.[Ir]. The van der Waals surface area contributed by atoms with E-state index in [0.717, 1.165) is 65.3 Å². The second kappa shape index (κ2) is 17.9. The van der Waals surface area contributed by atoms with Crippen LogP contribution < -0.4 is 0 Å². The standard InChI is InChI=1S/C35H34NOS.C15H28O2.Ir/c1-20(2)14-31-22(4)26-13-12-24(17-32(26)38-31)28-18-30(36-34-33(28)21(3)19-37-34)25-15-23-10-8-9-11-27(23)29(16-25)35(5,6)7;1-7-14(5,8-2)12(16)11-13(17)15(6,9-3)10-4;/h8-13,16-20H,14H2,1-7H3;11,16H,7-10H2,1-6H3;/q-1;;/b;12-11-;. The van der Waals surface area contributed by atoms with E-state index < -0.39 is 0 Å². The van der Waals surface area contributed by atoms with E-state index >= 15 is 0 Å².